The lowest BCUT2D eigenvalue weighted by Crippen LogP contribution is -2.55. The van der Waals surface area contributed by atoms with Crippen LogP contribution in [0.3, 0.4) is 0 Å². The maximum absolute atomic E-state index is 13.6. The fraction of sp³-hybridized carbons (Fsp3) is 0.640. The molecule has 0 aliphatic heterocycles. The monoisotopic (exact) mass is 509 g/mol. The van der Waals surface area contributed by atoms with Gasteiger partial charge in [-0.1, -0.05) is 25.3 Å². The fourth-order valence-corrected chi connectivity index (χ4v) is 4.41. The van der Waals surface area contributed by atoms with Crippen LogP contribution in [0, 0.1) is 6.92 Å². The van der Waals surface area contributed by atoms with Crippen LogP contribution in [-0.4, -0.2) is 69.6 Å². The van der Waals surface area contributed by atoms with Crippen LogP contribution in [0.1, 0.15) is 70.0 Å². The predicted molar refractivity (Wildman–Crippen MR) is 136 cm³/mol. The molecule has 3 amide bonds. The van der Waals surface area contributed by atoms with Crippen molar-refractivity contribution in [2.24, 2.45) is 0 Å². The first-order valence-corrected chi connectivity index (χ1v) is 12.7. The molecule has 10 heteroatoms. The molecule has 35 heavy (non-hydrogen) atoms. The molecule has 0 spiro atoms. The number of rotatable bonds is 9. The van der Waals surface area contributed by atoms with Gasteiger partial charge in [0.25, 0.3) is 0 Å². The third kappa shape index (κ3) is 8.61. The highest BCUT2D eigenvalue weighted by Gasteiger charge is 2.36. The number of carbonyl (C=O) groups excluding carboxylic acids is 3. The number of nitrogens with one attached hydrogen (secondary N) is 2. The van der Waals surface area contributed by atoms with Gasteiger partial charge in [0.2, 0.25) is 11.8 Å². The minimum atomic E-state index is -1.08. The standard InChI is InChI=1S/C25H39N3O6S/c1-16-14-17(10-11-20(16)30)21(22(31)26-18-8-6-5-7-9-18)28(12-13-29)23(32)19(15-35)27-24(33)34-25(2,3)4/h10-11,14,18-19,21,29-30,35H,5-9,12-13,15H2,1-4H3,(H,26,31)(H,27,33). The van der Waals surface area contributed by atoms with E-state index in [0.717, 1.165) is 32.1 Å². The molecule has 1 aromatic carbocycles. The van der Waals surface area contributed by atoms with Crippen LogP contribution in [0.15, 0.2) is 18.2 Å². The van der Waals surface area contributed by atoms with Gasteiger partial charge in [-0.25, -0.2) is 4.79 Å². The Balaban J connectivity index is 2.38. The van der Waals surface area contributed by atoms with Gasteiger partial charge in [-0.05, 0) is 63.8 Å². The molecule has 2 atom stereocenters. The number of aromatic hydroxyl groups is 1. The molecule has 4 N–H and O–H groups in total. The summed E-state index contributed by atoms with van der Waals surface area (Å²) in [5, 5.41) is 25.4. The number of aliphatic hydroxyl groups is 1. The normalized spacial score (nSPS) is 16.2. The summed E-state index contributed by atoms with van der Waals surface area (Å²) in [6, 6.07) is 2.56. The van der Waals surface area contributed by atoms with Gasteiger partial charge in [0, 0.05) is 18.3 Å². The minimum absolute atomic E-state index is 0.00334. The smallest absolute Gasteiger partial charge is 0.408 e. The van der Waals surface area contributed by atoms with Gasteiger partial charge in [-0.15, -0.1) is 0 Å². The summed E-state index contributed by atoms with van der Waals surface area (Å²) in [4.78, 5) is 40.8. The number of thiol groups is 1. The third-order valence-electron chi connectivity index (χ3n) is 5.84. The first kappa shape index (κ1) is 28.8. The van der Waals surface area contributed by atoms with Crippen LogP contribution in [0.4, 0.5) is 4.79 Å². The first-order valence-electron chi connectivity index (χ1n) is 12.1. The zero-order valence-electron chi connectivity index (χ0n) is 21.0. The number of hydrogen-bond acceptors (Lipinski definition) is 7. The molecule has 2 unspecified atom stereocenters. The number of phenolic OH excluding ortho intramolecular Hbond substituents is 1. The summed E-state index contributed by atoms with van der Waals surface area (Å²) in [5.74, 6) is -0.917. The van der Waals surface area contributed by atoms with Gasteiger partial charge >= 0.3 is 6.09 Å². The molecule has 2 rings (SSSR count). The molecule has 196 valence electrons. The Hall–Kier alpha value is -2.46. The second-order valence-electron chi connectivity index (χ2n) is 9.93. The van der Waals surface area contributed by atoms with Gasteiger partial charge < -0.3 is 30.5 Å². The van der Waals surface area contributed by atoms with Crippen LogP contribution in [-0.2, 0) is 14.3 Å². The number of ether oxygens (including phenoxy) is 1. The number of aliphatic hydroxyl groups excluding tert-OH is 1. The second kappa shape index (κ2) is 13.0. The van der Waals surface area contributed by atoms with E-state index in [2.05, 4.69) is 23.3 Å². The molecule has 9 nitrogen and oxygen atoms in total. The van der Waals surface area contributed by atoms with E-state index in [1.54, 1.807) is 39.8 Å². The molecule has 1 aliphatic rings. The fourth-order valence-electron chi connectivity index (χ4n) is 4.16. The number of alkyl carbamates (subject to hydrolysis) is 1. The van der Waals surface area contributed by atoms with Crippen LogP contribution >= 0.6 is 12.6 Å². The summed E-state index contributed by atoms with van der Waals surface area (Å²) in [6.45, 7) is 6.31. The van der Waals surface area contributed by atoms with Gasteiger partial charge in [-0.2, -0.15) is 12.6 Å². The molecule has 1 aliphatic carbocycles. The van der Waals surface area contributed by atoms with E-state index in [1.165, 1.54) is 11.0 Å². The van der Waals surface area contributed by atoms with Crippen molar-refractivity contribution in [3.05, 3.63) is 29.3 Å². The van der Waals surface area contributed by atoms with Crippen molar-refractivity contribution in [3.63, 3.8) is 0 Å². The summed E-state index contributed by atoms with van der Waals surface area (Å²) in [5.41, 5.74) is 0.281. The predicted octanol–water partition coefficient (Wildman–Crippen LogP) is 2.83. The van der Waals surface area contributed by atoms with Crippen molar-refractivity contribution in [2.75, 3.05) is 18.9 Å². The maximum atomic E-state index is 13.6. The topological polar surface area (TPSA) is 128 Å². The Bertz CT molecular complexity index is 882. The van der Waals surface area contributed by atoms with Crippen LogP contribution in [0.5, 0.6) is 5.75 Å². The lowest BCUT2D eigenvalue weighted by atomic mass is 9.94. The summed E-state index contributed by atoms with van der Waals surface area (Å²) < 4.78 is 5.27. The third-order valence-corrected chi connectivity index (χ3v) is 6.21. The Morgan fingerprint density at radius 3 is 2.40 bits per heavy atom. The van der Waals surface area contributed by atoms with E-state index in [-0.39, 0.29) is 36.6 Å². The first-order chi connectivity index (χ1) is 16.5. The van der Waals surface area contributed by atoms with Crippen LogP contribution in [0.2, 0.25) is 0 Å². The van der Waals surface area contributed by atoms with Gasteiger partial charge in [0.15, 0.2) is 0 Å². The molecule has 1 fully saturated rings. The van der Waals surface area contributed by atoms with Gasteiger partial charge in [0.05, 0.1) is 6.61 Å². The number of carbonyl (C=O) groups is 3. The lowest BCUT2D eigenvalue weighted by molar-refractivity contribution is -0.143. The summed E-state index contributed by atoms with van der Waals surface area (Å²) >= 11 is 4.23. The number of phenols is 1. The van der Waals surface area contributed by atoms with Crippen molar-refractivity contribution in [1.29, 1.82) is 0 Å². The van der Waals surface area contributed by atoms with E-state index in [9.17, 15) is 24.6 Å². The largest absolute Gasteiger partial charge is 0.508 e. The zero-order valence-corrected chi connectivity index (χ0v) is 21.9. The average molecular weight is 510 g/mol. The molecule has 0 radical (unpaired) electrons. The molecule has 0 heterocycles. The number of aryl methyl sites for hydroxylation is 1. The summed E-state index contributed by atoms with van der Waals surface area (Å²) in [7, 11) is 0. The van der Waals surface area contributed by atoms with Crippen molar-refractivity contribution in [1.82, 2.24) is 15.5 Å². The van der Waals surface area contributed by atoms with E-state index in [4.69, 9.17) is 4.74 Å². The summed E-state index contributed by atoms with van der Waals surface area (Å²) in [6.07, 6.45) is 4.12. The molecule has 0 saturated heterocycles. The Kier molecular flexibility index (Phi) is 10.7. The van der Waals surface area contributed by atoms with Crippen molar-refractivity contribution in [3.8, 4) is 5.75 Å². The van der Waals surface area contributed by atoms with E-state index in [0.29, 0.717) is 11.1 Å². The van der Waals surface area contributed by atoms with Crippen molar-refractivity contribution < 1.29 is 29.3 Å². The van der Waals surface area contributed by atoms with E-state index < -0.39 is 29.7 Å². The highest BCUT2D eigenvalue weighted by molar-refractivity contribution is 7.80. The molecule has 0 aromatic heterocycles. The van der Waals surface area contributed by atoms with Crippen LogP contribution < -0.4 is 10.6 Å². The number of amides is 3. The highest BCUT2D eigenvalue weighted by Crippen LogP contribution is 2.28. The molecule has 1 saturated carbocycles. The second-order valence-corrected chi connectivity index (χ2v) is 10.3. The SMILES string of the molecule is Cc1cc(C(C(=O)NC2CCCCC2)N(CCO)C(=O)C(CS)NC(=O)OC(C)(C)C)ccc1O. The lowest BCUT2D eigenvalue weighted by Gasteiger charge is -2.35. The van der Waals surface area contributed by atoms with E-state index in [1.807, 2.05) is 0 Å². The zero-order chi connectivity index (χ0) is 26.2. The Labute approximate surface area is 213 Å². The van der Waals surface area contributed by atoms with Crippen LogP contribution in [0.25, 0.3) is 0 Å². The number of benzene rings is 1. The molecular weight excluding hydrogens is 470 g/mol. The maximum Gasteiger partial charge on any atom is 0.408 e. The Morgan fingerprint density at radius 1 is 1.20 bits per heavy atom. The van der Waals surface area contributed by atoms with Crippen molar-refractivity contribution >= 4 is 30.5 Å². The van der Waals surface area contributed by atoms with Crippen molar-refractivity contribution in [2.45, 2.75) is 83.5 Å². The quantitative estimate of drug-likeness (QED) is 0.326. The van der Waals surface area contributed by atoms with Gasteiger partial charge in [0.1, 0.15) is 23.4 Å². The average Bonchev–Trinajstić information content (AvgIpc) is 2.78. The highest BCUT2D eigenvalue weighted by atomic mass is 32.1. The van der Waals surface area contributed by atoms with Gasteiger partial charge in [-0.3, -0.25) is 9.59 Å². The van der Waals surface area contributed by atoms with E-state index >= 15 is 0 Å². The molecule has 1 aromatic rings. The number of hydrogen-bond donors (Lipinski definition) is 5. The molecular formula is C25H39N3O6S. The number of nitrogens with zero attached hydrogens (tertiary/aromatic N) is 1. The molecule has 0 bridgehead atoms. The minimum Gasteiger partial charge on any atom is -0.508 e. The Morgan fingerprint density at radius 2 is 1.86 bits per heavy atom.